The number of nitriles is 1. The lowest BCUT2D eigenvalue weighted by Gasteiger charge is -2.11. The summed E-state index contributed by atoms with van der Waals surface area (Å²) in [4.78, 5) is 1.05. The molecule has 0 aliphatic heterocycles. The van der Waals surface area contributed by atoms with Crippen LogP contribution in [-0.2, 0) is 6.54 Å². The highest BCUT2D eigenvalue weighted by Crippen LogP contribution is 2.28. The highest BCUT2D eigenvalue weighted by molar-refractivity contribution is 7.99. The van der Waals surface area contributed by atoms with Crippen molar-refractivity contribution in [2.45, 2.75) is 25.3 Å². The van der Waals surface area contributed by atoms with E-state index < -0.39 is 0 Å². The van der Waals surface area contributed by atoms with Crippen LogP contribution in [0.4, 0.5) is 5.69 Å². The van der Waals surface area contributed by atoms with Gasteiger partial charge in [0.05, 0.1) is 11.3 Å². The predicted octanol–water partition coefficient (Wildman–Crippen LogP) is 4.65. The molecule has 0 saturated carbocycles. The number of aryl methyl sites for hydroxylation is 1. The Hall–Kier alpha value is -1.44. The van der Waals surface area contributed by atoms with Crippen LogP contribution in [0.25, 0.3) is 0 Å². The summed E-state index contributed by atoms with van der Waals surface area (Å²) in [6, 6.07) is 8.29. The van der Waals surface area contributed by atoms with E-state index in [0.717, 1.165) is 28.4 Å². The van der Waals surface area contributed by atoms with E-state index in [0.29, 0.717) is 0 Å². The largest absolute Gasteiger partial charge is 0.380 e. The third kappa shape index (κ3) is 3.31. The van der Waals surface area contributed by atoms with Gasteiger partial charge < -0.3 is 5.32 Å². The van der Waals surface area contributed by atoms with E-state index in [1.807, 2.05) is 18.2 Å². The van der Waals surface area contributed by atoms with Crippen molar-refractivity contribution < 1.29 is 0 Å². The summed E-state index contributed by atoms with van der Waals surface area (Å²) in [6.45, 7) is 4.98. The zero-order valence-electron chi connectivity index (χ0n) is 11.1. The summed E-state index contributed by atoms with van der Waals surface area (Å²) in [7, 11) is 0. The van der Waals surface area contributed by atoms with Crippen LogP contribution < -0.4 is 5.32 Å². The number of thiophene rings is 1. The molecule has 1 heterocycles. The minimum absolute atomic E-state index is 0.752. The van der Waals surface area contributed by atoms with E-state index in [1.54, 1.807) is 23.1 Å². The molecule has 0 saturated heterocycles. The Morgan fingerprint density at radius 1 is 1.37 bits per heavy atom. The normalized spacial score (nSPS) is 10.2. The molecule has 0 aliphatic rings. The minimum Gasteiger partial charge on any atom is -0.380 e. The highest BCUT2D eigenvalue weighted by Gasteiger charge is 2.08. The van der Waals surface area contributed by atoms with E-state index in [1.165, 1.54) is 11.1 Å². The molecular weight excluding hydrogens is 272 g/mol. The highest BCUT2D eigenvalue weighted by atomic mass is 32.2. The fourth-order valence-electron chi connectivity index (χ4n) is 1.83. The molecule has 0 amide bonds. The Bertz CT molecular complexity index is 596. The smallest absolute Gasteiger partial charge is 0.102 e. The van der Waals surface area contributed by atoms with E-state index >= 15 is 0 Å². The molecule has 4 heteroatoms. The van der Waals surface area contributed by atoms with E-state index in [4.69, 9.17) is 0 Å². The zero-order chi connectivity index (χ0) is 13.7. The van der Waals surface area contributed by atoms with Gasteiger partial charge in [0.2, 0.25) is 0 Å². The number of hydrogen-bond donors (Lipinski definition) is 1. The number of benzene rings is 1. The third-order valence-electron chi connectivity index (χ3n) is 2.87. The van der Waals surface area contributed by atoms with Gasteiger partial charge in [0.1, 0.15) is 6.07 Å². The predicted molar refractivity (Wildman–Crippen MR) is 83.9 cm³/mol. The van der Waals surface area contributed by atoms with Gasteiger partial charge in [-0.25, -0.2) is 0 Å². The standard InChI is InChI=1S/C15H16N2S2/c1-3-19-15-6-4-5-14(13(15)7-16)17-8-12-10-18-9-11(12)2/h4-6,9-10,17H,3,8H2,1-2H3. The first-order valence-electron chi connectivity index (χ1n) is 6.17. The summed E-state index contributed by atoms with van der Waals surface area (Å²) in [5.41, 5.74) is 4.27. The monoisotopic (exact) mass is 288 g/mol. The van der Waals surface area contributed by atoms with E-state index in [-0.39, 0.29) is 0 Å². The number of hydrogen-bond acceptors (Lipinski definition) is 4. The van der Waals surface area contributed by atoms with Gasteiger partial charge in [-0.05, 0) is 46.7 Å². The Labute approximate surface area is 122 Å². The average Bonchev–Trinajstić information content (AvgIpc) is 2.82. The van der Waals surface area contributed by atoms with Crippen LogP contribution >= 0.6 is 23.1 Å². The number of nitrogens with zero attached hydrogens (tertiary/aromatic N) is 1. The van der Waals surface area contributed by atoms with E-state index in [2.05, 4.69) is 36.0 Å². The molecule has 0 radical (unpaired) electrons. The van der Waals surface area contributed by atoms with E-state index in [9.17, 15) is 5.26 Å². The van der Waals surface area contributed by atoms with Crippen LogP contribution in [-0.4, -0.2) is 5.75 Å². The molecule has 2 nitrogen and oxygen atoms in total. The minimum atomic E-state index is 0.752. The number of nitrogens with one attached hydrogen (secondary N) is 1. The molecule has 2 rings (SSSR count). The molecule has 2 aromatic rings. The van der Waals surface area contributed by atoms with Gasteiger partial charge in [-0.15, -0.1) is 11.8 Å². The second kappa shape index (κ2) is 6.65. The Balaban J connectivity index is 2.18. The second-order valence-corrected chi connectivity index (χ2v) is 6.21. The third-order valence-corrected chi connectivity index (χ3v) is 4.72. The molecule has 1 N–H and O–H groups in total. The number of anilines is 1. The molecule has 1 aromatic carbocycles. The second-order valence-electron chi connectivity index (χ2n) is 4.16. The summed E-state index contributed by atoms with van der Waals surface area (Å²) in [5.74, 6) is 0.974. The van der Waals surface area contributed by atoms with Gasteiger partial charge in [-0.2, -0.15) is 16.6 Å². The molecule has 0 spiro atoms. The van der Waals surface area contributed by atoms with Crippen molar-refractivity contribution in [3.63, 3.8) is 0 Å². The molecule has 1 aromatic heterocycles. The van der Waals surface area contributed by atoms with Gasteiger partial charge in [-0.1, -0.05) is 13.0 Å². The maximum absolute atomic E-state index is 9.34. The maximum atomic E-state index is 9.34. The Kier molecular flexibility index (Phi) is 4.89. The fraction of sp³-hybridized carbons (Fsp3) is 0.267. The van der Waals surface area contributed by atoms with Crippen LogP contribution in [0.5, 0.6) is 0 Å². The summed E-state index contributed by atoms with van der Waals surface area (Å²) < 4.78 is 0. The van der Waals surface area contributed by atoms with Crippen molar-refractivity contribution in [3.05, 3.63) is 45.6 Å². The Morgan fingerprint density at radius 3 is 2.84 bits per heavy atom. The lowest BCUT2D eigenvalue weighted by atomic mass is 10.1. The van der Waals surface area contributed by atoms with Crippen molar-refractivity contribution in [1.82, 2.24) is 0 Å². The molecule has 0 unspecified atom stereocenters. The lowest BCUT2D eigenvalue weighted by molar-refractivity contribution is 1.13. The SMILES string of the molecule is CCSc1cccc(NCc2cscc2C)c1C#N. The summed E-state index contributed by atoms with van der Waals surface area (Å²) in [5, 5.41) is 17.0. The molecule has 0 aliphatic carbocycles. The first kappa shape index (κ1) is 14.0. The zero-order valence-corrected chi connectivity index (χ0v) is 12.7. The van der Waals surface area contributed by atoms with Crippen LogP contribution in [0.2, 0.25) is 0 Å². The van der Waals surface area contributed by atoms with Crippen LogP contribution in [0.1, 0.15) is 23.6 Å². The number of rotatable bonds is 5. The molecule has 0 bridgehead atoms. The van der Waals surface area contributed by atoms with Gasteiger partial charge in [-0.3, -0.25) is 0 Å². The topological polar surface area (TPSA) is 35.8 Å². The van der Waals surface area contributed by atoms with Crippen LogP contribution in [0, 0.1) is 18.3 Å². The average molecular weight is 288 g/mol. The maximum Gasteiger partial charge on any atom is 0.102 e. The van der Waals surface area contributed by atoms with Crippen LogP contribution in [0.3, 0.4) is 0 Å². The first-order valence-corrected chi connectivity index (χ1v) is 8.10. The Morgan fingerprint density at radius 2 is 2.21 bits per heavy atom. The molecule has 0 atom stereocenters. The molecule has 98 valence electrons. The molecule has 0 fully saturated rings. The molecular formula is C15H16N2S2. The lowest BCUT2D eigenvalue weighted by Crippen LogP contribution is -2.02. The van der Waals surface area contributed by atoms with Gasteiger partial charge >= 0.3 is 0 Å². The first-order chi connectivity index (χ1) is 9.26. The van der Waals surface area contributed by atoms with Crippen molar-refractivity contribution >= 4 is 28.8 Å². The quantitative estimate of drug-likeness (QED) is 0.813. The van der Waals surface area contributed by atoms with Gasteiger partial charge in [0, 0.05) is 11.4 Å². The van der Waals surface area contributed by atoms with Crippen molar-refractivity contribution in [2.24, 2.45) is 0 Å². The van der Waals surface area contributed by atoms with Crippen molar-refractivity contribution in [1.29, 1.82) is 5.26 Å². The number of thioether (sulfide) groups is 1. The van der Waals surface area contributed by atoms with Crippen molar-refractivity contribution in [3.8, 4) is 6.07 Å². The van der Waals surface area contributed by atoms with Crippen LogP contribution in [0.15, 0.2) is 33.9 Å². The summed E-state index contributed by atoms with van der Waals surface area (Å²) >= 11 is 3.42. The van der Waals surface area contributed by atoms with Gasteiger partial charge in [0.15, 0.2) is 0 Å². The summed E-state index contributed by atoms with van der Waals surface area (Å²) in [6.07, 6.45) is 0. The fourth-order valence-corrected chi connectivity index (χ4v) is 3.47. The molecule has 19 heavy (non-hydrogen) atoms. The van der Waals surface area contributed by atoms with Crippen molar-refractivity contribution in [2.75, 3.05) is 11.1 Å². The van der Waals surface area contributed by atoms with Gasteiger partial charge in [0.25, 0.3) is 0 Å².